The predicted molar refractivity (Wildman–Crippen MR) is 90.4 cm³/mol. The Labute approximate surface area is 133 Å². The SMILES string of the molecule is CCCCCNC(=O)[C@H](CC)N(c1ccccc1)S(C)(=O)=O. The fourth-order valence-electron chi connectivity index (χ4n) is 2.34. The lowest BCUT2D eigenvalue weighted by molar-refractivity contribution is -0.122. The summed E-state index contributed by atoms with van der Waals surface area (Å²) in [5.41, 5.74) is 0.514. The number of nitrogens with zero attached hydrogens (tertiary/aromatic N) is 1. The van der Waals surface area contributed by atoms with Crippen molar-refractivity contribution in [3.63, 3.8) is 0 Å². The van der Waals surface area contributed by atoms with Crippen LogP contribution >= 0.6 is 0 Å². The lowest BCUT2D eigenvalue weighted by atomic mass is 10.2. The number of carbonyl (C=O) groups is 1. The van der Waals surface area contributed by atoms with Gasteiger partial charge in [0.25, 0.3) is 0 Å². The van der Waals surface area contributed by atoms with Crippen molar-refractivity contribution in [3.8, 4) is 0 Å². The summed E-state index contributed by atoms with van der Waals surface area (Å²) >= 11 is 0. The normalized spacial score (nSPS) is 12.7. The molecule has 5 nitrogen and oxygen atoms in total. The highest BCUT2D eigenvalue weighted by atomic mass is 32.2. The quantitative estimate of drug-likeness (QED) is 0.709. The first-order valence-corrected chi connectivity index (χ1v) is 9.58. The first kappa shape index (κ1) is 18.5. The fourth-order valence-corrected chi connectivity index (χ4v) is 3.55. The lowest BCUT2D eigenvalue weighted by Gasteiger charge is -2.30. The minimum absolute atomic E-state index is 0.243. The largest absolute Gasteiger partial charge is 0.354 e. The summed E-state index contributed by atoms with van der Waals surface area (Å²) in [5, 5.41) is 2.85. The highest BCUT2D eigenvalue weighted by Crippen LogP contribution is 2.21. The number of rotatable bonds is 9. The van der Waals surface area contributed by atoms with E-state index in [4.69, 9.17) is 0 Å². The van der Waals surface area contributed by atoms with E-state index in [1.807, 2.05) is 13.0 Å². The number of carbonyl (C=O) groups excluding carboxylic acids is 1. The number of hydrogen-bond donors (Lipinski definition) is 1. The minimum atomic E-state index is -3.54. The van der Waals surface area contributed by atoms with Crippen molar-refractivity contribution in [2.75, 3.05) is 17.1 Å². The predicted octanol–water partition coefficient (Wildman–Crippen LogP) is 2.54. The molecule has 0 saturated heterocycles. The number of nitrogens with one attached hydrogen (secondary N) is 1. The molecule has 6 heteroatoms. The third kappa shape index (κ3) is 5.33. The Balaban J connectivity index is 2.93. The highest BCUT2D eigenvalue weighted by molar-refractivity contribution is 7.92. The standard InChI is InChI=1S/C16H26N2O3S/c1-4-6-10-13-17-16(19)15(5-2)18(22(3,20)21)14-11-8-7-9-12-14/h7-9,11-12,15H,4-6,10,13H2,1-3H3,(H,17,19)/t15-/m0/s1. The molecular formula is C16H26N2O3S. The first-order valence-electron chi connectivity index (χ1n) is 7.74. The van der Waals surface area contributed by atoms with Crippen LogP contribution in [-0.2, 0) is 14.8 Å². The molecule has 0 spiro atoms. The zero-order valence-electron chi connectivity index (χ0n) is 13.6. The van der Waals surface area contributed by atoms with Crippen LogP contribution in [0, 0.1) is 0 Å². The lowest BCUT2D eigenvalue weighted by Crippen LogP contribution is -2.49. The van der Waals surface area contributed by atoms with Gasteiger partial charge >= 0.3 is 0 Å². The van der Waals surface area contributed by atoms with Gasteiger partial charge in [0.1, 0.15) is 6.04 Å². The van der Waals surface area contributed by atoms with Gasteiger partial charge in [-0.15, -0.1) is 0 Å². The van der Waals surface area contributed by atoms with Gasteiger partial charge in [0, 0.05) is 6.54 Å². The van der Waals surface area contributed by atoms with Crippen molar-refractivity contribution in [2.45, 2.75) is 45.6 Å². The van der Waals surface area contributed by atoms with Gasteiger partial charge in [0.2, 0.25) is 15.9 Å². The van der Waals surface area contributed by atoms with Crippen LogP contribution in [0.1, 0.15) is 39.5 Å². The van der Waals surface area contributed by atoms with Gasteiger partial charge < -0.3 is 5.32 Å². The molecule has 22 heavy (non-hydrogen) atoms. The van der Waals surface area contributed by atoms with Crippen LogP contribution in [0.3, 0.4) is 0 Å². The van der Waals surface area contributed by atoms with Crippen LogP contribution in [0.5, 0.6) is 0 Å². The van der Waals surface area contributed by atoms with E-state index in [0.717, 1.165) is 25.5 Å². The van der Waals surface area contributed by atoms with Gasteiger partial charge in [-0.05, 0) is 25.0 Å². The van der Waals surface area contributed by atoms with E-state index in [0.29, 0.717) is 18.7 Å². The van der Waals surface area contributed by atoms with Crippen molar-refractivity contribution in [2.24, 2.45) is 0 Å². The molecule has 0 aliphatic heterocycles. The average Bonchev–Trinajstić information content (AvgIpc) is 2.48. The fraction of sp³-hybridized carbons (Fsp3) is 0.562. The summed E-state index contributed by atoms with van der Waals surface area (Å²) in [5.74, 6) is -0.243. The average molecular weight is 326 g/mol. The van der Waals surface area contributed by atoms with Crippen LogP contribution < -0.4 is 9.62 Å². The Morgan fingerprint density at radius 1 is 1.18 bits per heavy atom. The van der Waals surface area contributed by atoms with Crippen LogP contribution in [0.4, 0.5) is 5.69 Å². The van der Waals surface area contributed by atoms with E-state index in [9.17, 15) is 13.2 Å². The molecule has 1 rings (SSSR count). The van der Waals surface area contributed by atoms with Crippen molar-refractivity contribution in [1.29, 1.82) is 0 Å². The number of amides is 1. The number of unbranched alkanes of at least 4 members (excludes halogenated alkanes) is 2. The Hall–Kier alpha value is -1.56. The molecule has 1 aromatic rings. The molecule has 0 heterocycles. The number of para-hydroxylation sites is 1. The third-order valence-corrected chi connectivity index (χ3v) is 4.60. The Kier molecular flexibility index (Phi) is 7.38. The van der Waals surface area contributed by atoms with Gasteiger partial charge in [0.05, 0.1) is 11.9 Å². The van der Waals surface area contributed by atoms with E-state index >= 15 is 0 Å². The molecular weight excluding hydrogens is 300 g/mol. The summed E-state index contributed by atoms with van der Waals surface area (Å²) in [4.78, 5) is 12.4. The molecule has 0 bridgehead atoms. The Morgan fingerprint density at radius 3 is 2.32 bits per heavy atom. The van der Waals surface area contributed by atoms with Gasteiger partial charge in [-0.1, -0.05) is 44.9 Å². The summed E-state index contributed by atoms with van der Waals surface area (Å²) < 4.78 is 25.5. The Morgan fingerprint density at radius 2 is 1.82 bits per heavy atom. The molecule has 1 aromatic carbocycles. The molecule has 1 N–H and O–H groups in total. The monoisotopic (exact) mass is 326 g/mol. The van der Waals surface area contributed by atoms with Crippen LogP contribution in [0.2, 0.25) is 0 Å². The molecule has 0 aliphatic carbocycles. The number of hydrogen-bond acceptors (Lipinski definition) is 3. The maximum atomic E-state index is 12.4. The van der Waals surface area contributed by atoms with Crippen molar-refractivity contribution in [1.82, 2.24) is 5.32 Å². The third-order valence-electron chi connectivity index (χ3n) is 3.42. The van der Waals surface area contributed by atoms with Crippen LogP contribution in [-0.4, -0.2) is 33.2 Å². The maximum Gasteiger partial charge on any atom is 0.243 e. The van der Waals surface area contributed by atoms with Gasteiger partial charge in [-0.25, -0.2) is 8.42 Å². The van der Waals surface area contributed by atoms with Gasteiger partial charge in [-0.3, -0.25) is 9.10 Å². The zero-order chi connectivity index (χ0) is 16.6. The summed E-state index contributed by atoms with van der Waals surface area (Å²) in [6.45, 7) is 4.49. The van der Waals surface area contributed by atoms with E-state index in [1.54, 1.807) is 24.3 Å². The molecule has 1 amide bonds. The van der Waals surface area contributed by atoms with Gasteiger partial charge in [-0.2, -0.15) is 0 Å². The van der Waals surface area contributed by atoms with Crippen molar-refractivity contribution < 1.29 is 13.2 Å². The van der Waals surface area contributed by atoms with Crippen molar-refractivity contribution >= 4 is 21.6 Å². The molecule has 1 atom stereocenters. The molecule has 0 aliphatic rings. The second-order valence-corrected chi connectivity index (χ2v) is 7.18. The summed E-state index contributed by atoms with van der Waals surface area (Å²) in [6, 6.07) is 8.02. The summed E-state index contributed by atoms with van der Waals surface area (Å²) in [7, 11) is -3.54. The maximum absolute atomic E-state index is 12.4. The topological polar surface area (TPSA) is 66.5 Å². The highest BCUT2D eigenvalue weighted by Gasteiger charge is 2.30. The second kappa shape index (κ2) is 8.78. The van der Waals surface area contributed by atoms with E-state index in [-0.39, 0.29) is 5.91 Å². The van der Waals surface area contributed by atoms with Gasteiger partial charge in [0.15, 0.2) is 0 Å². The zero-order valence-corrected chi connectivity index (χ0v) is 14.4. The smallest absolute Gasteiger partial charge is 0.243 e. The number of sulfonamides is 1. The Bertz CT molecular complexity index is 558. The minimum Gasteiger partial charge on any atom is -0.354 e. The van der Waals surface area contributed by atoms with E-state index < -0.39 is 16.1 Å². The molecule has 0 saturated carbocycles. The van der Waals surface area contributed by atoms with E-state index in [1.165, 1.54) is 4.31 Å². The number of benzene rings is 1. The van der Waals surface area contributed by atoms with Crippen molar-refractivity contribution in [3.05, 3.63) is 30.3 Å². The van der Waals surface area contributed by atoms with Crippen LogP contribution in [0.25, 0.3) is 0 Å². The first-order chi connectivity index (χ1) is 10.4. The molecule has 0 radical (unpaired) electrons. The summed E-state index contributed by atoms with van der Waals surface area (Å²) in [6.07, 6.45) is 4.58. The second-order valence-electron chi connectivity index (χ2n) is 5.32. The molecule has 124 valence electrons. The van der Waals surface area contributed by atoms with Crippen LogP contribution in [0.15, 0.2) is 30.3 Å². The van der Waals surface area contributed by atoms with E-state index in [2.05, 4.69) is 12.2 Å². The molecule has 0 unspecified atom stereocenters. The molecule has 0 fully saturated rings. The number of anilines is 1. The molecule has 0 aromatic heterocycles.